The molecule has 0 unspecified atom stereocenters. The molecular weight excluding hydrogens is 434 g/mol. The largest absolute Gasteiger partial charge is 0.399 e. The Morgan fingerprint density at radius 2 is 1.88 bits per heavy atom. The molecule has 1 heterocycles. The zero-order valence-electron chi connectivity index (χ0n) is 19.9. The number of thioether (sulfide) groups is 1. The maximum absolute atomic E-state index is 12.0. The second-order valence-electron chi connectivity index (χ2n) is 9.34. The number of hydrogen-bond donors (Lipinski definition) is 1. The van der Waals surface area contributed by atoms with Crippen LogP contribution in [0.3, 0.4) is 0 Å². The lowest BCUT2D eigenvalue weighted by Gasteiger charge is -2.34. The molecule has 0 spiro atoms. The van der Waals surface area contributed by atoms with Crippen molar-refractivity contribution in [3.05, 3.63) is 57.5 Å². The van der Waals surface area contributed by atoms with E-state index in [9.17, 15) is 9.59 Å². The van der Waals surface area contributed by atoms with E-state index in [1.165, 1.54) is 11.1 Å². The van der Waals surface area contributed by atoms with Gasteiger partial charge in [-0.15, -0.1) is 0 Å². The molecule has 1 aliphatic carbocycles. The number of anilines is 1. The number of rotatable bonds is 4. The van der Waals surface area contributed by atoms with Gasteiger partial charge < -0.3 is 9.74 Å². The predicted molar refractivity (Wildman–Crippen MR) is 136 cm³/mol. The molecule has 1 N–H and O–H groups in total. The molecule has 2 amide bonds. The minimum atomic E-state index is -0.351. The lowest BCUT2D eigenvalue weighted by molar-refractivity contribution is -0.115. The van der Waals surface area contributed by atoms with Gasteiger partial charge in [0.05, 0.1) is 10.6 Å². The standard InChI is InChI=1S/C26H29N3O3S/c1-15-11-20-19(21(28-32-6)9-10-26(20,2)3)14-17(15)18-12-16(7-8-22(18)29(4)5)13-23-24(30)27-25(31)33-23/h7-8,11-14H,9-10H2,1-6H3,(H,27,30,31)/b23-13-,28-21+. The molecule has 172 valence electrons. The van der Waals surface area contributed by atoms with Crippen LogP contribution in [0.25, 0.3) is 17.2 Å². The summed E-state index contributed by atoms with van der Waals surface area (Å²) in [5.41, 5.74) is 8.72. The average Bonchev–Trinajstić information content (AvgIpc) is 3.06. The van der Waals surface area contributed by atoms with E-state index in [0.29, 0.717) is 4.91 Å². The summed E-state index contributed by atoms with van der Waals surface area (Å²) in [6, 6.07) is 10.6. The molecule has 6 nitrogen and oxygen atoms in total. The molecule has 0 bridgehead atoms. The number of carbonyl (C=O) groups is 2. The Balaban J connectivity index is 1.90. The number of fused-ring (bicyclic) bond motifs is 1. The molecule has 0 radical (unpaired) electrons. The number of amides is 2. The van der Waals surface area contributed by atoms with Crippen LogP contribution in [0.2, 0.25) is 0 Å². The van der Waals surface area contributed by atoms with Crippen LogP contribution in [0.15, 0.2) is 40.4 Å². The SMILES string of the molecule is CO/N=C1\CCC(C)(C)c2cc(C)c(-c3cc(/C=C4\SC(=O)NC4=O)ccc3N(C)C)cc21. The Morgan fingerprint density at radius 3 is 2.52 bits per heavy atom. The molecule has 2 aromatic carbocycles. The van der Waals surface area contributed by atoms with Crippen LogP contribution < -0.4 is 10.2 Å². The summed E-state index contributed by atoms with van der Waals surface area (Å²) in [4.78, 5) is 31.3. The number of carbonyl (C=O) groups excluding carboxylic acids is 2. The van der Waals surface area contributed by atoms with Crippen LogP contribution in [0.5, 0.6) is 0 Å². The molecule has 2 aromatic rings. The van der Waals surface area contributed by atoms with Crippen molar-refractivity contribution >= 4 is 40.4 Å². The summed E-state index contributed by atoms with van der Waals surface area (Å²) in [5, 5.41) is 6.31. The van der Waals surface area contributed by atoms with E-state index in [1.807, 2.05) is 26.2 Å². The number of imide groups is 1. The Labute approximate surface area is 199 Å². The summed E-state index contributed by atoms with van der Waals surface area (Å²) in [7, 11) is 5.62. The number of benzene rings is 2. The fourth-order valence-corrected chi connectivity index (χ4v) is 5.21. The summed E-state index contributed by atoms with van der Waals surface area (Å²) >= 11 is 0.929. The first-order valence-electron chi connectivity index (χ1n) is 10.9. The lowest BCUT2D eigenvalue weighted by atomic mass is 9.70. The van der Waals surface area contributed by atoms with Gasteiger partial charge in [-0.25, -0.2) is 0 Å². The molecule has 0 atom stereocenters. The van der Waals surface area contributed by atoms with E-state index >= 15 is 0 Å². The first-order valence-corrected chi connectivity index (χ1v) is 11.7. The third-order valence-electron chi connectivity index (χ3n) is 6.33. The zero-order valence-corrected chi connectivity index (χ0v) is 20.7. The van der Waals surface area contributed by atoms with Gasteiger partial charge in [0.15, 0.2) is 0 Å². The third kappa shape index (κ3) is 4.42. The van der Waals surface area contributed by atoms with Crippen LogP contribution >= 0.6 is 11.8 Å². The normalized spacial score (nSPS) is 19.6. The first kappa shape index (κ1) is 23.1. The van der Waals surface area contributed by atoms with Gasteiger partial charge in [-0.3, -0.25) is 14.9 Å². The van der Waals surface area contributed by atoms with Crippen molar-refractivity contribution < 1.29 is 14.4 Å². The van der Waals surface area contributed by atoms with E-state index < -0.39 is 0 Å². The van der Waals surface area contributed by atoms with Gasteiger partial charge in [0.2, 0.25) is 0 Å². The third-order valence-corrected chi connectivity index (χ3v) is 7.14. The Morgan fingerprint density at radius 1 is 1.12 bits per heavy atom. The van der Waals surface area contributed by atoms with Crippen LogP contribution in [-0.4, -0.2) is 38.1 Å². The molecule has 0 aromatic heterocycles. The Hall–Kier alpha value is -3.06. The second-order valence-corrected chi connectivity index (χ2v) is 10.4. The van der Waals surface area contributed by atoms with Crippen LogP contribution in [0, 0.1) is 6.92 Å². The van der Waals surface area contributed by atoms with Crippen LogP contribution in [0.4, 0.5) is 10.5 Å². The molecule has 1 aliphatic heterocycles. The minimum absolute atomic E-state index is 0.0572. The van der Waals surface area contributed by atoms with Crippen molar-refractivity contribution in [1.29, 1.82) is 0 Å². The monoisotopic (exact) mass is 463 g/mol. The van der Waals surface area contributed by atoms with E-state index in [2.05, 4.69) is 54.3 Å². The van der Waals surface area contributed by atoms with Gasteiger partial charge in [0, 0.05) is 30.9 Å². The Bertz CT molecular complexity index is 1210. The first-order chi connectivity index (χ1) is 15.6. The molecular formula is C26H29N3O3S. The van der Waals surface area contributed by atoms with Crippen molar-refractivity contribution in [3.63, 3.8) is 0 Å². The molecule has 1 saturated heterocycles. The summed E-state index contributed by atoms with van der Waals surface area (Å²) in [6.45, 7) is 6.69. The number of hydrogen-bond acceptors (Lipinski definition) is 6. The van der Waals surface area contributed by atoms with Crippen LogP contribution in [0.1, 0.15) is 48.9 Å². The van der Waals surface area contributed by atoms with E-state index in [0.717, 1.165) is 58.3 Å². The zero-order chi connectivity index (χ0) is 23.9. The summed E-state index contributed by atoms with van der Waals surface area (Å²) < 4.78 is 0. The average molecular weight is 464 g/mol. The van der Waals surface area contributed by atoms with Crippen molar-refractivity contribution in [2.45, 2.75) is 39.0 Å². The van der Waals surface area contributed by atoms with Gasteiger partial charge in [0.1, 0.15) is 7.11 Å². The number of oxime groups is 1. The van der Waals surface area contributed by atoms with E-state index in [-0.39, 0.29) is 16.6 Å². The van der Waals surface area contributed by atoms with Crippen molar-refractivity contribution in [1.82, 2.24) is 5.32 Å². The van der Waals surface area contributed by atoms with Gasteiger partial charge in [-0.1, -0.05) is 31.1 Å². The van der Waals surface area contributed by atoms with Crippen molar-refractivity contribution in [3.8, 4) is 11.1 Å². The highest BCUT2D eigenvalue weighted by Gasteiger charge is 2.32. The van der Waals surface area contributed by atoms with Gasteiger partial charge >= 0.3 is 0 Å². The van der Waals surface area contributed by atoms with Gasteiger partial charge in [0.25, 0.3) is 11.1 Å². The lowest BCUT2D eigenvalue weighted by Crippen LogP contribution is -2.28. The maximum Gasteiger partial charge on any atom is 0.290 e. The second kappa shape index (κ2) is 8.71. The maximum atomic E-state index is 12.0. The highest BCUT2D eigenvalue weighted by molar-refractivity contribution is 8.18. The number of aryl methyl sites for hydroxylation is 1. The van der Waals surface area contributed by atoms with Gasteiger partial charge in [-0.05, 0) is 83.5 Å². The smallest absolute Gasteiger partial charge is 0.290 e. The van der Waals surface area contributed by atoms with Crippen molar-refractivity contribution in [2.24, 2.45) is 5.16 Å². The molecule has 7 heteroatoms. The highest BCUT2D eigenvalue weighted by Crippen LogP contribution is 2.42. The van der Waals surface area contributed by atoms with Crippen LogP contribution in [-0.2, 0) is 15.0 Å². The quantitative estimate of drug-likeness (QED) is 0.481. The predicted octanol–water partition coefficient (Wildman–Crippen LogP) is 5.47. The minimum Gasteiger partial charge on any atom is -0.399 e. The highest BCUT2D eigenvalue weighted by atomic mass is 32.2. The molecule has 33 heavy (non-hydrogen) atoms. The summed E-state index contributed by atoms with van der Waals surface area (Å²) in [6.07, 6.45) is 3.65. The molecule has 1 fully saturated rings. The van der Waals surface area contributed by atoms with Gasteiger partial charge in [-0.2, -0.15) is 0 Å². The molecule has 2 aliphatic rings. The van der Waals surface area contributed by atoms with Crippen molar-refractivity contribution in [2.75, 3.05) is 26.1 Å². The summed E-state index contributed by atoms with van der Waals surface area (Å²) in [5.74, 6) is -0.351. The molecule has 4 rings (SSSR count). The Kier molecular flexibility index (Phi) is 6.10. The van der Waals surface area contributed by atoms with E-state index in [1.54, 1.807) is 13.2 Å². The van der Waals surface area contributed by atoms with E-state index in [4.69, 9.17) is 4.84 Å². The number of nitrogens with one attached hydrogen (secondary N) is 1. The number of nitrogens with zero attached hydrogens (tertiary/aromatic N) is 2. The molecule has 0 saturated carbocycles. The topological polar surface area (TPSA) is 71.0 Å². The fourth-order valence-electron chi connectivity index (χ4n) is 4.52. The fraction of sp³-hybridized carbons (Fsp3) is 0.346.